The number of halogens is 5. The highest BCUT2D eigenvalue weighted by Crippen LogP contribution is 2.28. The van der Waals surface area contributed by atoms with Crippen molar-refractivity contribution in [2.75, 3.05) is 0 Å². The van der Waals surface area contributed by atoms with Gasteiger partial charge in [0.25, 0.3) is 0 Å². The minimum absolute atomic E-state index is 0.0425. The van der Waals surface area contributed by atoms with Crippen molar-refractivity contribution >= 4 is 11.6 Å². The molecular weight excluding hydrogens is 232 g/mol. The Morgan fingerprint density at radius 2 is 1.40 bits per heavy atom. The van der Waals surface area contributed by atoms with Gasteiger partial charge in [0.1, 0.15) is 5.02 Å². The van der Waals surface area contributed by atoms with Crippen LogP contribution in [0.1, 0.15) is 25.3 Å². The van der Waals surface area contributed by atoms with Gasteiger partial charge < -0.3 is 0 Å². The monoisotopic (exact) mass is 240 g/mol. The average Bonchev–Trinajstić information content (AvgIpc) is 2.24. The summed E-state index contributed by atoms with van der Waals surface area (Å²) < 4.78 is 52.2. The molecule has 0 saturated carbocycles. The molecule has 0 nitrogen and oxygen atoms in total. The lowest BCUT2D eigenvalue weighted by molar-refractivity contribution is 0.437. The minimum atomic E-state index is -1.53. The number of hydrogen-bond acceptors (Lipinski definition) is 0. The lowest BCUT2D eigenvalue weighted by Gasteiger charge is -2.07. The maximum atomic E-state index is 13.2. The van der Waals surface area contributed by atoms with E-state index in [2.05, 4.69) is 0 Å². The molecule has 0 bridgehead atoms. The molecule has 84 valence electrons. The topological polar surface area (TPSA) is 0 Å². The second-order valence-electron chi connectivity index (χ2n) is 3.15. The normalized spacial score (nSPS) is 10.8. The van der Waals surface area contributed by atoms with E-state index in [0.717, 1.165) is 0 Å². The van der Waals surface area contributed by atoms with Gasteiger partial charge in [0.15, 0.2) is 23.3 Å². The van der Waals surface area contributed by atoms with E-state index in [1.807, 2.05) is 0 Å². The first-order valence-electron chi connectivity index (χ1n) is 4.51. The van der Waals surface area contributed by atoms with Gasteiger partial charge in [-0.15, -0.1) is 0 Å². The Balaban J connectivity index is 3.26. The highest BCUT2D eigenvalue weighted by Gasteiger charge is 2.23. The summed E-state index contributed by atoms with van der Waals surface area (Å²) in [4.78, 5) is 0. The summed E-state index contributed by atoms with van der Waals surface area (Å²) in [5, 5.41) is -1.13. The van der Waals surface area contributed by atoms with Gasteiger partial charge in [-0.25, -0.2) is 17.6 Å². The summed E-state index contributed by atoms with van der Waals surface area (Å²) in [5.41, 5.74) is -0.573. The molecule has 0 aliphatic rings. The Labute approximate surface area is 89.9 Å². The van der Waals surface area contributed by atoms with Crippen molar-refractivity contribution in [3.63, 3.8) is 0 Å². The Kier molecular flexibility index (Phi) is 3.97. The Hall–Kier alpha value is -0.770. The van der Waals surface area contributed by atoms with Crippen LogP contribution in [-0.4, -0.2) is 0 Å². The van der Waals surface area contributed by atoms with Gasteiger partial charge >= 0.3 is 0 Å². The van der Waals surface area contributed by atoms with E-state index < -0.39 is 33.9 Å². The quantitative estimate of drug-likeness (QED) is 0.421. The first kappa shape index (κ1) is 12.3. The summed E-state index contributed by atoms with van der Waals surface area (Å²) in [7, 11) is 0. The van der Waals surface area contributed by atoms with Crippen LogP contribution < -0.4 is 0 Å². The lowest BCUT2D eigenvalue weighted by atomic mass is 10.1. The first-order valence-corrected chi connectivity index (χ1v) is 4.88. The predicted molar refractivity (Wildman–Crippen MR) is 49.9 cm³/mol. The predicted octanol–water partition coefficient (Wildman–Crippen LogP) is 4.24. The lowest BCUT2D eigenvalue weighted by Crippen LogP contribution is -2.04. The van der Waals surface area contributed by atoms with Crippen LogP contribution in [-0.2, 0) is 6.42 Å². The molecular formula is C10H9ClF4. The van der Waals surface area contributed by atoms with Crippen LogP contribution in [0.5, 0.6) is 0 Å². The Bertz CT molecular complexity index is 347. The molecule has 0 aromatic heterocycles. The van der Waals surface area contributed by atoms with E-state index in [1.54, 1.807) is 6.92 Å². The third kappa shape index (κ3) is 2.25. The van der Waals surface area contributed by atoms with Crippen molar-refractivity contribution in [2.24, 2.45) is 0 Å². The molecule has 1 rings (SSSR count). The van der Waals surface area contributed by atoms with Gasteiger partial charge in [-0.05, 0) is 12.8 Å². The second-order valence-corrected chi connectivity index (χ2v) is 3.53. The Morgan fingerprint density at radius 3 is 1.80 bits per heavy atom. The fourth-order valence-electron chi connectivity index (χ4n) is 1.22. The molecule has 0 radical (unpaired) electrons. The third-order valence-corrected chi connectivity index (χ3v) is 2.41. The molecule has 0 N–H and O–H groups in total. The van der Waals surface area contributed by atoms with Crippen LogP contribution in [0.2, 0.25) is 5.02 Å². The zero-order valence-corrected chi connectivity index (χ0v) is 8.77. The minimum Gasteiger partial charge on any atom is -0.203 e. The smallest absolute Gasteiger partial charge is 0.180 e. The fraction of sp³-hybridized carbons (Fsp3) is 0.400. The van der Waals surface area contributed by atoms with Crippen molar-refractivity contribution in [1.29, 1.82) is 0 Å². The molecule has 0 atom stereocenters. The third-order valence-electron chi connectivity index (χ3n) is 2.08. The van der Waals surface area contributed by atoms with Crippen molar-refractivity contribution in [3.8, 4) is 0 Å². The molecule has 0 aliphatic heterocycles. The van der Waals surface area contributed by atoms with E-state index >= 15 is 0 Å². The molecule has 0 unspecified atom stereocenters. The van der Waals surface area contributed by atoms with Gasteiger partial charge in [0.05, 0.1) is 0 Å². The van der Waals surface area contributed by atoms with Crippen LogP contribution in [0.4, 0.5) is 17.6 Å². The summed E-state index contributed by atoms with van der Waals surface area (Å²) >= 11 is 5.06. The molecule has 0 heterocycles. The Morgan fingerprint density at radius 1 is 0.933 bits per heavy atom. The molecule has 1 aromatic carbocycles. The van der Waals surface area contributed by atoms with Crippen molar-refractivity contribution < 1.29 is 17.6 Å². The zero-order valence-electron chi connectivity index (χ0n) is 8.01. The molecule has 0 aliphatic carbocycles. The van der Waals surface area contributed by atoms with Gasteiger partial charge in [-0.2, -0.15) is 0 Å². The van der Waals surface area contributed by atoms with Gasteiger partial charge in [-0.3, -0.25) is 0 Å². The van der Waals surface area contributed by atoms with E-state index in [-0.39, 0.29) is 6.42 Å². The van der Waals surface area contributed by atoms with Crippen molar-refractivity contribution in [3.05, 3.63) is 33.9 Å². The van der Waals surface area contributed by atoms with Crippen LogP contribution in [0, 0.1) is 23.3 Å². The number of hydrogen-bond donors (Lipinski definition) is 0. The maximum Gasteiger partial charge on any atom is 0.180 e. The fourth-order valence-corrected chi connectivity index (χ4v) is 1.39. The highest BCUT2D eigenvalue weighted by molar-refractivity contribution is 6.30. The molecule has 0 saturated heterocycles. The number of unbranched alkanes of at least 4 members (excludes halogenated alkanes) is 1. The SMILES string of the molecule is CCCCc1c(F)c(F)c(Cl)c(F)c1F. The summed E-state index contributed by atoms with van der Waals surface area (Å²) in [5.74, 6) is -5.84. The van der Waals surface area contributed by atoms with E-state index in [0.29, 0.717) is 12.8 Å². The van der Waals surface area contributed by atoms with E-state index in [9.17, 15) is 17.6 Å². The molecule has 0 fully saturated rings. The molecule has 15 heavy (non-hydrogen) atoms. The highest BCUT2D eigenvalue weighted by atomic mass is 35.5. The number of benzene rings is 1. The van der Waals surface area contributed by atoms with Gasteiger partial charge in [0.2, 0.25) is 0 Å². The van der Waals surface area contributed by atoms with E-state index in [4.69, 9.17) is 11.6 Å². The standard InChI is InChI=1S/C10H9ClF4/c1-2-3-4-5-7(12)9(14)6(11)10(15)8(5)13/h2-4H2,1H3. The molecule has 5 heteroatoms. The maximum absolute atomic E-state index is 13.2. The molecule has 1 aromatic rings. The van der Waals surface area contributed by atoms with Crippen LogP contribution in [0.3, 0.4) is 0 Å². The van der Waals surface area contributed by atoms with E-state index in [1.165, 1.54) is 0 Å². The van der Waals surface area contributed by atoms with Crippen LogP contribution in [0.25, 0.3) is 0 Å². The summed E-state index contributed by atoms with van der Waals surface area (Å²) in [6.07, 6.45) is 1.08. The number of rotatable bonds is 3. The van der Waals surface area contributed by atoms with Gasteiger partial charge in [0, 0.05) is 5.56 Å². The molecule has 0 spiro atoms. The largest absolute Gasteiger partial charge is 0.203 e. The average molecular weight is 241 g/mol. The van der Waals surface area contributed by atoms with Gasteiger partial charge in [-0.1, -0.05) is 24.9 Å². The van der Waals surface area contributed by atoms with Crippen molar-refractivity contribution in [1.82, 2.24) is 0 Å². The molecule has 0 amide bonds. The zero-order chi connectivity index (χ0) is 11.6. The summed E-state index contributed by atoms with van der Waals surface area (Å²) in [6, 6.07) is 0. The van der Waals surface area contributed by atoms with Crippen LogP contribution in [0.15, 0.2) is 0 Å². The van der Waals surface area contributed by atoms with Crippen LogP contribution >= 0.6 is 11.6 Å². The van der Waals surface area contributed by atoms with Crippen molar-refractivity contribution in [2.45, 2.75) is 26.2 Å². The summed E-state index contributed by atoms with van der Waals surface area (Å²) in [6.45, 7) is 1.80. The second kappa shape index (κ2) is 4.84. The first-order chi connectivity index (χ1) is 7.00.